The lowest BCUT2D eigenvalue weighted by Gasteiger charge is -2.13. The van der Waals surface area contributed by atoms with Crippen LogP contribution in [0, 0.1) is 6.92 Å². The van der Waals surface area contributed by atoms with E-state index < -0.39 is 0 Å². The number of halogens is 1. The summed E-state index contributed by atoms with van der Waals surface area (Å²) in [4.78, 5) is 4.32. The van der Waals surface area contributed by atoms with E-state index in [1.165, 1.54) is 0 Å². The van der Waals surface area contributed by atoms with Crippen molar-refractivity contribution in [1.29, 1.82) is 0 Å². The van der Waals surface area contributed by atoms with E-state index in [1.54, 1.807) is 6.20 Å². The Morgan fingerprint density at radius 3 is 2.50 bits per heavy atom. The van der Waals surface area contributed by atoms with Crippen molar-refractivity contribution in [1.82, 2.24) is 4.98 Å². The molecule has 1 atom stereocenters. The van der Waals surface area contributed by atoms with Gasteiger partial charge in [-0.05, 0) is 36.2 Å². The second kappa shape index (κ2) is 4.64. The molecule has 0 saturated heterocycles. The molecular weight excluding hydrogens is 220 g/mol. The maximum absolute atomic E-state index is 6.16. The largest absolute Gasteiger partial charge is 0.319 e. The Hall–Kier alpha value is -1.38. The highest BCUT2D eigenvalue weighted by molar-refractivity contribution is 6.30. The number of pyridine rings is 1. The van der Waals surface area contributed by atoms with E-state index >= 15 is 0 Å². The first-order chi connectivity index (χ1) is 7.68. The van der Waals surface area contributed by atoms with Crippen molar-refractivity contribution < 1.29 is 0 Å². The summed E-state index contributed by atoms with van der Waals surface area (Å²) in [5, 5.41) is 0.716. The molecule has 1 aromatic carbocycles. The molecule has 2 N–H and O–H groups in total. The van der Waals surface area contributed by atoms with E-state index in [2.05, 4.69) is 4.98 Å². The summed E-state index contributed by atoms with van der Waals surface area (Å²) in [6.07, 6.45) is 1.76. The summed E-state index contributed by atoms with van der Waals surface area (Å²) in [5.41, 5.74) is 9.19. The van der Waals surface area contributed by atoms with Crippen LogP contribution in [0.2, 0.25) is 5.02 Å². The minimum absolute atomic E-state index is 0.196. The van der Waals surface area contributed by atoms with Gasteiger partial charge in [0.2, 0.25) is 0 Å². The van der Waals surface area contributed by atoms with Crippen molar-refractivity contribution in [2.24, 2.45) is 5.73 Å². The van der Waals surface area contributed by atoms with E-state index in [9.17, 15) is 0 Å². The van der Waals surface area contributed by atoms with Gasteiger partial charge in [-0.25, -0.2) is 0 Å². The van der Waals surface area contributed by atoms with Crippen LogP contribution in [0.25, 0.3) is 0 Å². The van der Waals surface area contributed by atoms with Crippen LogP contribution < -0.4 is 5.73 Å². The van der Waals surface area contributed by atoms with Crippen LogP contribution in [-0.4, -0.2) is 4.98 Å². The predicted octanol–water partition coefficient (Wildman–Crippen LogP) is 3.09. The summed E-state index contributed by atoms with van der Waals surface area (Å²) in [7, 11) is 0. The Kier molecular flexibility index (Phi) is 3.22. The Morgan fingerprint density at radius 1 is 1.19 bits per heavy atom. The Labute approximate surface area is 100 Å². The van der Waals surface area contributed by atoms with Gasteiger partial charge in [0.15, 0.2) is 0 Å². The van der Waals surface area contributed by atoms with E-state index in [-0.39, 0.29) is 6.04 Å². The standard InChI is InChI=1S/C13H13ClN2/c1-9-3-2-8-16-13(9)12(15)10-4-6-11(14)7-5-10/h2-8,12H,15H2,1H3. The summed E-state index contributed by atoms with van der Waals surface area (Å²) in [6, 6.07) is 11.3. The molecule has 0 aliphatic carbocycles. The molecule has 16 heavy (non-hydrogen) atoms. The Balaban J connectivity index is 2.35. The molecule has 0 aliphatic heterocycles. The maximum Gasteiger partial charge on any atom is 0.0729 e. The van der Waals surface area contributed by atoms with Crippen molar-refractivity contribution >= 4 is 11.6 Å². The molecule has 3 heteroatoms. The molecule has 0 bridgehead atoms. The van der Waals surface area contributed by atoms with E-state index in [0.717, 1.165) is 16.8 Å². The van der Waals surface area contributed by atoms with Gasteiger partial charge in [0, 0.05) is 11.2 Å². The second-order valence-electron chi connectivity index (χ2n) is 3.73. The molecule has 0 radical (unpaired) electrons. The van der Waals surface area contributed by atoms with Crippen LogP contribution >= 0.6 is 11.6 Å². The van der Waals surface area contributed by atoms with Gasteiger partial charge >= 0.3 is 0 Å². The molecule has 1 unspecified atom stereocenters. The molecule has 82 valence electrons. The molecule has 0 spiro atoms. The number of hydrogen-bond acceptors (Lipinski definition) is 2. The smallest absolute Gasteiger partial charge is 0.0729 e. The highest BCUT2D eigenvalue weighted by Gasteiger charge is 2.11. The van der Waals surface area contributed by atoms with Crippen LogP contribution in [0.1, 0.15) is 22.9 Å². The van der Waals surface area contributed by atoms with Crippen molar-refractivity contribution in [2.75, 3.05) is 0 Å². The third kappa shape index (κ3) is 2.23. The fourth-order valence-electron chi connectivity index (χ4n) is 1.65. The number of rotatable bonds is 2. The van der Waals surface area contributed by atoms with Crippen molar-refractivity contribution in [3.8, 4) is 0 Å². The van der Waals surface area contributed by atoms with Gasteiger partial charge in [0.05, 0.1) is 11.7 Å². The van der Waals surface area contributed by atoms with Crippen LogP contribution in [0.4, 0.5) is 0 Å². The lowest BCUT2D eigenvalue weighted by atomic mass is 10.0. The van der Waals surface area contributed by atoms with Gasteiger partial charge in [-0.3, -0.25) is 4.98 Å². The maximum atomic E-state index is 6.16. The van der Waals surface area contributed by atoms with Gasteiger partial charge in [-0.1, -0.05) is 29.8 Å². The summed E-state index contributed by atoms with van der Waals surface area (Å²) in [6.45, 7) is 2.01. The van der Waals surface area contributed by atoms with Crippen LogP contribution in [-0.2, 0) is 0 Å². The fourth-order valence-corrected chi connectivity index (χ4v) is 1.78. The molecule has 1 aromatic heterocycles. The van der Waals surface area contributed by atoms with Crippen molar-refractivity contribution in [3.05, 3.63) is 64.4 Å². The average molecular weight is 233 g/mol. The van der Waals surface area contributed by atoms with Gasteiger partial charge < -0.3 is 5.73 Å². The van der Waals surface area contributed by atoms with Crippen LogP contribution in [0.5, 0.6) is 0 Å². The zero-order chi connectivity index (χ0) is 11.5. The summed E-state index contributed by atoms with van der Waals surface area (Å²) < 4.78 is 0. The Morgan fingerprint density at radius 2 is 1.88 bits per heavy atom. The number of benzene rings is 1. The Bertz CT molecular complexity index is 480. The van der Waals surface area contributed by atoms with Crippen LogP contribution in [0.3, 0.4) is 0 Å². The average Bonchev–Trinajstić information content (AvgIpc) is 2.30. The topological polar surface area (TPSA) is 38.9 Å². The van der Waals surface area contributed by atoms with Gasteiger partial charge in [-0.15, -0.1) is 0 Å². The third-order valence-corrected chi connectivity index (χ3v) is 2.83. The number of hydrogen-bond donors (Lipinski definition) is 1. The fraction of sp³-hybridized carbons (Fsp3) is 0.154. The minimum Gasteiger partial charge on any atom is -0.319 e. The predicted molar refractivity (Wildman–Crippen MR) is 66.5 cm³/mol. The molecule has 1 heterocycles. The van der Waals surface area contributed by atoms with Gasteiger partial charge in [0.1, 0.15) is 0 Å². The van der Waals surface area contributed by atoms with Crippen molar-refractivity contribution in [2.45, 2.75) is 13.0 Å². The first kappa shape index (κ1) is 11.1. The number of nitrogens with two attached hydrogens (primary N) is 1. The SMILES string of the molecule is Cc1cccnc1C(N)c1ccc(Cl)cc1. The van der Waals surface area contributed by atoms with Crippen LogP contribution in [0.15, 0.2) is 42.6 Å². The van der Waals surface area contributed by atoms with Gasteiger partial charge in [-0.2, -0.15) is 0 Å². The third-order valence-electron chi connectivity index (χ3n) is 2.57. The lowest BCUT2D eigenvalue weighted by Crippen LogP contribution is -2.14. The van der Waals surface area contributed by atoms with E-state index in [0.29, 0.717) is 5.02 Å². The molecule has 2 nitrogen and oxygen atoms in total. The molecule has 2 rings (SSSR count). The summed E-state index contributed by atoms with van der Waals surface area (Å²) >= 11 is 5.84. The van der Waals surface area contributed by atoms with Crippen molar-refractivity contribution in [3.63, 3.8) is 0 Å². The monoisotopic (exact) mass is 232 g/mol. The molecule has 0 saturated carbocycles. The zero-order valence-corrected chi connectivity index (χ0v) is 9.78. The normalized spacial score (nSPS) is 12.4. The quantitative estimate of drug-likeness (QED) is 0.864. The highest BCUT2D eigenvalue weighted by atomic mass is 35.5. The number of nitrogens with zero attached hydrogens (tertiary/aromatic N) is 1. The molecule has 0 aliphatic rings. The van der Waals surface area contributed by atoms with E-state index in [1.807, 2.05) is 43.3 Å². The zero-order valence-electron chi connectivity index (χ0n) is 9.02. The lowest BCUT2D eigenvalue weighted by molar-refractivity contribution is 0.818. The molecular formula is C13H13ClN2. The van der Waals surface area contributed by atoms with Gasteiger partial charge in [0.25, 0.3) is 0 Å². The second-order valence-corrected chi connectivity index (χ2v) is 4.17. The first-order valence-electron chi connectivity index (χ1n) is 5.11. The summed E-state index contributed by atoms with van der Waals surface area (Å²) in [5.74, 6) is 0. The number of aromatic nitrogens is 1. The molecule has 2 aromatic rings. The number of aryl methyl sites for hydroxylation is 1. The highest BCUT2D eigenvalue weighted by Crippen LogP contribution is 2.21. The molecule has 0 fully saturated rings. The first-order valence-corrected chi connectivity index (χ1v) is 5.49. The van der Waals surface area contributed by atoms with E-state index in [4.69, 9.17) is 17.3 Å². The molecule has 0 amide bonds. The minimum atomic E-state index is -0.196.